The van der Waals surface area contributed by atoms with Crippen LogP contribution in [-0.2, 0) is 4.79 Å². The molecule has 0 bridgehead atoms. The van der Waals surface area contributed by atoms with Crippen molar-refractivity contribution in [3.8, 4) is 0 Å². The number of nitrogens with zero attached hydrogens (tertiary/aromatic N) is 2. The summed E-state index contributed by atoms with van der Waals surface area (Å²) in [6.45, 7) is 8.17. The van der Waals surface area contributed by atoms with Gasteiger partial charge in [-0.1, -0.05) is 6.42 Å². The van der Waals surface area contributed by atoms with Gasteiger partial charge in [0.25, 0.3) is 5.91 Å². The van der Waals surface area contributed by atoms with E-state index < -0.39 is 0 Å². The molecule has 0 aromatic heterocycles. The smallest absolute Gasteiger partial charge is 0.253 e. The van der Waals surface area contributed by atoms with E-state index in [2.05, 4.69) is 20.4 Å². The quantitative estimate of drug-likeness (QED) is 0.634. The summed E-state index contributed by atoms with van der Waals surface area (Å²) < 4.78 is 0. The van der Waals surface area contributed by atoms with Gasteiger partial charge >= 0.3 is 0 Å². The minimum absolute atomic E-state index is 0.0423. The molecular weight excluding hydrogens is 366 g/mol. The van der Waals surface area contributed by atoms with Gasteiger partial charge in [0.2, 0.25) is 5.91 Å². The summed E-state index contributed by atoms with van der Waals surface area (Å²) in [4.78, 5) is 29.3. The third-order valence-electron chi connectivity index (χ3n) is 5.88. The van der Waals surface area contributed by atoms with Crippen LogP contribution >= 0.6 is 0 Å². The molecule has 2 heterocycles. The number of piperidine rings is 2. The molecule has 2 amide bonds. The standard InChI is InChI=1S/C22H35N5O2/c1-16(2)25-21(28)15-24-22(29)19-14-18(6-7-20(19)23)27-12-8-17(9-13-27)26-10-4-3-5-11-26/h6-7,14,16-17H,3-5,8-13,15,23H2,1-2H3,(H,24,29)(H,25,28). The molecule has 0 aliphatic carbocycles. The molecule has 160 valence electrons. The predicted molar refractivity (Wildman–Crippen MR) is 117 cm³/mol. The Morgan fingerprint density at radius 2 is 1.79 bits per heavy atom. The van der Waals surface area contributed by atoms with Crippen LogP contribution in [0.2, 0.25) is 0 Å². The molecule has 0 radical (unpaired) electrons. The normalized spacial score (nSPS) is 18.7. The molecule has 4 N–H and O–H groups in total. The first-order chi connectivity index (χ1) is 13.9. The van der Waals surface area contributed by atoms with Crippen molar-refractivity contribution in [2.24, 2.45) is 0 Å². The number of rotatable bonds is 6. The fourth-order valence-electron chi connectivity index (χ4n) is 4.34. The zero-order chi connectivity index (χ0) is 20.8. The average Bonchev–Trinajstić information content (AvgIpc) is 2.73. The Morgan fingerprint density at radius 3 is 2.45 bits per heavy atom. The molecule has 7 heteroatoms. The molecule has 1 aromatic carbocycles. The lowest BCUT2D eigenvalue weighted by Gasteiger charge is -2.41. The molecule has 7 nitrogen and oxygen atoms in total. The maximum absolute atomic E-state index is 12.6. The second kappa shape index (κ2) is 9.96. The summed E-state index contributed by atoms with van der Waals surface area (Å²) >= 11 is 0. The zero-order valence-corrected chi connectivity index (χ0v) is 17.7. The SMILES string of the molecule is CC(C)NC(=O)CNC(=O)c1cc(N2CCC(N3CCCCC3)CC2)ccc1N. The Labute approximate surface area is 174 Å². The largest absolute Gasteiger partial charge is 0.398 e. The minimum atomic E-state index is -0.313. The highest BCUT2D eigenvalue weighted by Crippen LogP contribution is 2.27. The van der Waals surface area contributed by atoms with Crippen molar-refractivity contribution in [2.45, 2.75) is 58.0 Å². The Balaban J connectivity index is 1.57. The molecule has 1 aromatic rings. The molecule has 29 heavy (non-hydrogen) atoms. The fourth-order valence-corrected chi connectivity index (χ4v) is 4.34. The van der Waals surface area contributed by atoms with Gasteiger partial charge in [0.05, 0.1) is 12.1 Å². The van der Waals surface area contributed by atoms with E-state index in [0.717, 1.165) is 31.6 Å². The number of amides is 2. The van der Waals surface area contributed by atoms with Gasteiger partial charge in [0.1, 0.15) is 0 Å². The summed E-state index contributed by atoms with van der Waals surface area (Å²) in [6.07, 6.45) is 6.32. The second-order valence-corrected chi connectivity index (χ2v) is 8.49. The van der Waals surface area contributed by atoms with Crippen LogP contribution in [0.1, 0.15) is 56.3 Å². The molecular formula is C22H35N5O2. The Kier molecular flexibility index (Phi) is 7.36. The van der Waals surface area contributed by atoms with Gasteiger partial charge in [-0.15, -0.1) is 0 Å². The predicted octanol–water partition coefficient (Wildman–Crippen LogP) is 1.98. The summed E-state index contributed by atoms with van der Waals surface area (Å²) in [6, 6.07) is 6.35. The van der Waals surface area contributed by atoms with Crippen LogP contribution in [0.3, 0.4) is 0 Å². The number of nitrogens with two attached hydrogens (primary N) is 1. The number of carbonyl (C=O) groups is 2. The molecule has 0 unspecified atom stereocenters. The maximum atomic E-state index is 12.6. The number of hydrogen-bond donors (Lipinski definition) is 3. The average molecular weight is 402 g/mol. The van der Waals surface area contributed by atoms with E-state index in [1.807, 2.05) is 26.0 Å². The van der Waals surface area contributed by atoms with Crippen LogP contribution in [-0.4, -0.2) is 61.5 Å². The molecule has 2 aliphatic rings. The minimum Gasteiger partial charge on any atom is -0.398 e. The van der Waals surface area contributed by atoms with Gasteiger partial charge in [-0.05, 0) is 70.8 Å². The van der Waals surface area contributed by atoms with Crippen molar-refractivity contribution in [3.63, 3.8) is 0 Å². The third kappa shape index (κ3) is 5.85. The van der Waals surface area contributed by atoms with E-state index in [1.54, 1.807) is 6.07 Å². The topological polar surface area (TPSA) is 90.7 Å². The summed E-state index contributed by atoms with van der Waals surface area (Å²) in [5.74, 6) is -0.519. The van der Waals surface area contributed by atoms with E-state index in [0.29, 0.717) is 17.3 Å². The monoisotopic (exact) mass is 401 g/mol. The Bertz CT molecular complexity index is 707. The summed E-state index contributed by atoms with van der Waals surface area (Å²) in [5, 5.41) is 5.43. The lowest BCUT2D eigenvalue weighted by Crippen LogP contribution is -2.46. The highest BCUT2D eigenvalue weighted by atomic mass is 16.2. The van der Waals surface area contributed by atoms with Gasteiger partial charge in [0.15, 0.2) is 0 Å². The van der Waals surface area contributed by atoms with Crippen molar-refractivity contribution >= 4 is 23.2 Å². The first-order valence-corrected chi connectivity index (χ1v) is 10.9. The lowest BCUT2D eigenvalue weighted by atomic mass is 9.99. The Hall–Kier alpha value is -2.28. The van der Waals surface area contributed by atoms with Crippen molar-refractivity contribution in [1.82, 2.24) is 15.5 Å². The molecule has 0 atom stereocenters. The maximum Gasteiger partial charge on any atom is 0.253 e. The van der Waals surface area contributed by atoms with Gasteiger partial charge in [-0.2, -0.15) is 0 Å². The third-order valence-corrected chi connectivity index (χ3v) is 5.88. The van der Waals surface area contributed by atoms with Crippen LogP contribution in [0.25, 0.3) is 0 Å². The number of hydrogen-bond acceptors (Lipinski definition) is 5. The molecule has 3 rings (SSSR count). The van der Waals surface area contributed by atoms with Gasteiger partial charge < -0.3 is 26.2 Å². The molecule has 2 saturated heterocycles. The van der Waals surface area contributed by atoms with E-state index >= 15 is 0 Å². The highest BCUT2D eigenvalue weighted by Gasteiger charge is 2.26. The van der Waals surface area contributed by atoms with Crippen molar-refractivity contribution in [3.05, 3.63) is 23.8 Å². The van der Waals surface area contributed by atoms with Gasteiger partial charge in [-0.3, -0.25) is 9.59 Å². The van der Waals surface area contributed by atoms with Crippen LogP contribution in [0.5, 0.6) is 0 Å². The molecule has 2 fully saturated rings. The van der Waals surface area contributed by atoms with Crippen molar-refractivity contribution < 1.29 is 9.59 Å². The van der Waals surface area contributed by atoms with Crippen LogP contribution in [0.4, 0.5) is 11.4 Å². The van der Waals surface area contributed by atoms with E-state index in [9.17, 15) is 9.59 Å². The van der Waals surface area contributed by atoms with Crippen molar-refractivity contribution in [2.75, 3.05) is 43.4 Å². The van der Waals surface area contributed by atoms with Crippen LogP contribution < -0.4 is 21.3 Å². The van der Waals surface area contributed by atoms with Gasteiger partial charge in [0, 0.05) is 36.5 Å². The first kappa shape index (κ1) is 21.4. The summed E-state index contributed by atoms with van der Waals surface area (Å²) in [7, 11) is 0. The fraction of sp³-hybridized carbons (Fsp3) is 0.636. The second-order valence-electron chi connectivity index (χ2n) is 8.49. The number of anilines is 2. The highest BCUT2D eigenvalue weighted by molar-refractivity contribution is 6.01. The van der Waals surface area contributed by atoms with Crippen LogP contribution in [0.15, 0.2) is 18.2 Å². The number of likely N-dealkylation sites (tertiary alicyclic amines) is 1. The van der Waals surface area contributed by atoms with Gasteiger partial charge in [-0.25, -0.2) is 0 Å². The first-order valence-electron chi connectivity index (χ1n) is 10.9. The number of nitrogen functional groups attached to an aromatic ring is 1. The van der Waals surface area contributed by atoms with E-state index in [-0.39, 0.29) is 24.4 Å². The van der Waals surface area contributed by atoms with E-state index in [4.69, 9.17) is 5.73 Å². The van der Waals surface area contributed by atoms with Crippen molar-refractivity contribution in [1.29, 1.82) is 0 Å². The Morgan fingerprint density at radius 1 is 1.10 bits per heavy atom. The lowest BCUT2D eigenvalue weighted by molar-refractivity contribution is -0.120. The number of carbonyl (C=O) groups excluding carboxylic acids is 2. The van der Waals surface area contributed by atoms with E-state index in [1.165, 1.54) is 32.4 Å². The van der Waals surface area contributed by atoms with Crippen LogP contribution in [0, 0.1) is 0 Å². The zero-order valence-electron chi connectivity index (χ0n) is 17.7. The summed E-state index contributed by atoms with van der Waals surface area (Å²) in [5.41, 5.74) is 7.92. The molecule has 2 aliphatic heterocycles. The molecule has 0 spiro atoms. The number of benzene rings is 1. The molecule has 0 saturated carbocycles. The number of nitrogens with one attached hydrogen (secondary N) is 2.